The Morgan fingerprint density at radius 2 is 1.95 bits per heavy atom. The molecule has 0 aromatic heterocycles. The van der Waals surface area contributed by atoms with Crippen molar-refractivity contribution in [3.05, 3.63) is 0 Å². The average molecular weight is 298 g/mol. The minimum atomic E-state index is 0.554. The molecule has 0 aromatic carbocycles. The van der Waals surface area contributed by atoms with Crippen molar-refractivity contribution >= 4 is 5.96 Å². The third kappa shape index (κ3) is 7.67. The zero-order valence-corrected chi connectivity index (χ0v) is 14.3. The molecule has 5 nitrogen and oxygen atoms in total. The summed E-state index contributed by atoms with van der Waals surface area (Å²) < 4.78 is 5.47. The van der Waals surface area contributed by atoms with Gasteiger partial charge < -0.3 is 15.4 Å². The van der Waals surface area contributed by atoms with Gasteiger partial charge >= 0.3 is 0 Å². The predicted molar refractivity (Wildman–Crippen MR) is 89.9 cm³/mol. The third-order valence-corrected chi connectivity index (χ3v) is 3.86. The lowest BCUT2D eigenvalue weighted by Crippen LogP contribution is -2.51. The van der Waals surface area contributed by atoms with Gasteiger partial charge in [0.05, 0.1) is 13.2 Å². The van der Waals surface area contributed by atoms with E-state index >= 15 is 0 Å². The lowest BCUT2D eigenvalue weighted by atomic mass is 10.0. The fourth-order valence-corrected chi connectivity index (χ4v) is 2.67. The summed E-state index contributed by atoms with van der Waals surface area (Å²) in [5.41, 5.74) is 0. The zero-order chi connectivity index (χ0) is 15.5. The molecule has 2 N–H and O–H groups in total. The highest BCUT2D eigenvalue weighted by atomic mass is 16.5. The highest BCUT2D eigenvalue weighted by molar-refractivity contribution is 5.79. The molecule has 0 bridgehead atoms. The molecule has 0 radical (unpaired) electrons. The molecule has 1 rings (SSSR count). The Kier molecular flexibility index (Phi) is 9.42. The highest BCUT2D eigenvalue weighted by Gasteiger charge is 2.22. The minimum absolute atomic E-state index is 0.554. The summed E-state index contributed by atoms with van der Waals surface area (Å²) in [6, 6.07) is 0.554. The maximum Gasteiger partial charge on any atom is 0.191 e. The molecular formula is C16H34N4O. The highest BCUT2D eigenvalue weighted by Crippen LogP contribution is 2.12. The second kappa shape index (κ2) is 10.9. The van der Waals surface area contributed by atoms with E-state index in [0.29, 0.717) is 12.0 Å². The van der Waals surface area contributed by atoms with Gasteiger partial charge in [0.15, 0.2) is 5.96 Å². The van der Waals surface area contributed by atoms with Crippen LogP contribution >= 0.6 is 0 Å². The van der Waals surface area contributed by atoms with Crippen molar-refractivity contribution in [3.8, 4) is 0 Å². The Hall–Kier alpha value is -0.810. The zero-order valence-electron chi connectivity index (χ0n) is 14.3. The number of rotatable bonds is 8. The van der Waals surface area contributed by atoms with E-state index in [4.69, 9.17) is 4.74 Å². The average Bonchev–Trinajstić information content (AvgIpc) is 2.50. The maximum absolute atomic E-state index is 5.47. The number of unbranched alkanes of at least 4 members (excludes halogenated alkanes) is 1. The standard InChI is InChI=1S/C16H34N4O/c1-5-6-7-18-16(17-4)19-13-15(12-14(2)3)20-8-10-21-11-9-20/h14-15H,5-13H2,1-4H3,(H2,17,18,19). The van der Waals surface area contributed by atoms with Gasteiger partial charge in [0.2, 0.25) is 0 Å². The molecule has 1 aliphatic rings. The minimum Gasteiger partial charge on any atom is -0.379 e. The quantitative estimate of drug-likeness (QED) is 0.407. The van der Waals surface area contributed by atoms with E-state index in [1.165, 1.54) is 19.3 Å². The van der Waals surface area contributed by atoms with Gasteiger partial charge in [0.25, 0.3) is 0 Å². The number of hydrogen-bond donors (Lipinski definition) is 2. The SMILES string of the molecule is CCCCNC(=NC)NCC(CC(C)C)N1CCOCC1. The maximum atomic E-state index is 5.47. The number of morpholine rings is 1. The molecule has 1 saturated heterocycles. The lowest BCUT2D eigenvalue weighted by molar-refractivity contribution is 0.0132. The lowest BCUT2D eigenvalue weighted by Gasteiger charge is -2.35. The van der Waals surface area contributed by atoms with E-state index in [-0.39, 0.29) is 0 Å². The van der Waals surface area contributed by atoms with Crippen LogP contribution in [0.25, 0.3) is 0 Å². The van der Waals surface area contributed by atoms with Crippen molar-refractivity contribution in [3.63, 3.8) is 0 Å². The van der Waals surface area contributed by atoms with E-state index in [1.54, 1.807) is 0 Å². The smallest absolute Gasteiger partial charge is 0.191 e. The first-order chi connectivity index (χ1) is 10.2. The molecule has 21 heavy (non-hydrogen) atoms. The Labute approximate surface area is 130 Å². The van der Waals surface area contributed by atoms with Gasteiger partial charge in [0.1, 0.15) is 0 Å². The van der Waals surface area contributed by atoms with Gasteiger partial charge in [-0.15, -0.1) is 0 Å². The van der Waals surface area contributed by atoms with E-state index in [0.717, 1.165) is 45.4 Å². The Morgan fingerprint density at radius 1 is 1.24 bits per heavy atom. The van der Waals surface area contributed by atoms with Crippen LogP contribution in [0.1, 0.15) is 40.0 Å². The summed E-state index contributed by atoms with van der Waals surface area (Å²) in [6.45, 7) is 12.5. The molecule has 0 aliphatic carbocycles. The predicted octanol–water partition coefficient (Wildman–Crippen LogP) is 1.70. The van der Waals surface area contributed by atoms with Crippen LogP contribution in [0, 0.1) is 5.92 Å². The fraction of sp³-hybridized carbons (Fsp3) is 0.938. The normalized spacial score (nSPS) is 18.8. The fourth-order valence-electron chi connectivity index (χ4n) is 2.67. The van der Waals surface area contributed by atoms with Gasteiger partial charge in [-0.25, -0.2) is 0 Å². The molecule has 0 spiro atoms. The molecule has 1 unspecified atom stereocenters. The largest absolute Gasteiger partial charge is 0.379 e. The summed E-state index contributed by atoms with van der Waals surface area (Å²) in [6.07, 6.45) is 3.59. The van der Waals surface area contributed by atoms with Crippen LogP contribution in [0.15, 0.2) is 4.99 Å². The molecule has 0 amide bonds. The summed E-state index contributed by atoms with van der Waals surface area (Å²) in [5, 5.41) is 6.87. The van der Waals surface area contributed by atoms with E-state index in [1.807, 2.05) is 7.05 Å². The van der Waals surface area contributed by atoms with E-state index in [9.17, 15) is 0 Å². The van der Waals surface area contributed by atoms with Crippen molar-refractivity contribution in [2.24, 2.45) is 10.9 Å². The van der Waals surface area contributed by atoms with Crippen molar-refractivity contribution < 1.29 is 4.74 Å². The van der Waals surface area contributed by atoms with Gasteiger partial charge in [-0.1, -0.05) is 27.2 Å². The van der Waals surface area contributed by atoms with Crippen molar-refractivity contribution in [1.82, 2.24) is 15.5 Å². The number of nitrogens with one attached hydrogen (secondary N) is 2. The van der Waals surface area contributed by atoms with Crippen molar-refractivity contribution in [2.75, 3.05) is 46.4 Å². The Bertz CT molecular complexity index is 288. The molecule has 124 valence electrons. The summed E-state index contributed by atoms with van der Waals surface area (Å²) in [7, 11) is 1.84. The molecule has 5 heteroatoms. The second-order valence-electron chi connectivity index (χ2n) is 6.17. The van der Waals surface area contributed by atoms with Gasteiger partial charge in [-0.3, -0.25) is 9.89 Å². The van der Waals surface area contributed by atoms with Crippen LogP contribution in [-0.4, -0.2) is 63.3 Å². The summed E-state index contributed by atoms with van der Waals surface area (Å²) in [5.74, 6) is 1.63. The number of hydrogen-bond acceptors (Lipinski definition) is 3. The molecule has 1 heterocycles. The Morgan fingerprint density at radius 3 is 2.52 bits per heavy atom. The van der Waals surface area contributed by atoms with Crippen LogP contribution in [0.5, 0.6) is 0 Å². The van der Waals surface area contributed by atoms with E-state index < -0.39 is 0 Å². The van der Waals surface area contributed by atoms with Gasteiger partial charge in [-0.2, -0.15) is 0 Å². The number of ether oxygens (including phenoxy) is 1. The van der Waals surface area contributed by atoms with Crippen molar-refractivity contribution in [2.45, 2.75) is 46.1 Å². The van der Waals surface area contributed by atoms with E-state index in [2.05, 4.69) is 41.3 Å². The first-order valence-corrected chi connectivity index (χ1v) is 8.43. The molecular weight excluding hydrogens is 264 g/mol. The van der Waals surface area contributed by atoms with Crippen LogP contribution in [0.2, 0.25) is 0 Å². The molecule has 1 atom stereocenters. The first kappa shape index (κ1) is 18.2. The van der Waals surface area contributed by atoms with Gasteiger partial charge in [0, 0.05) is 39.3 Å². The van der Waals surface area contributed by atoms with Crippen LogP contribution in [-0.2, 0) is 4.74 Å². The molecule has 0 saturated carbocycles. The number of aliphatic imine (C=N–C) groups is 1. The van der Waals surface area contributed by atoms with Crippen LogP contribution < -0.4 is 10.6 Å². The second-order valence-corrected chi connectivity index (χ2v) is 6.17. The third-order valence-electron chi connectivity index (χ3n) is 3.86. The first-order valence-electron chi connectivity index (χ1n) is 8.43. The van der Waals surface area contributed by atoms with Crippen LogP contribution in [0.4, 0.5) is 0 Å². The molecule has 0 aromatic rings. The van der Waals surface area contributed by atoms with Gasteiger partial charge in [-0.05, 0) is 18.8 Å². The summed E-state index contributed by atoms with van der Waals surface area (Å²) >= 11 is 0. The van der Waals surface area contributed by atoms with Crippen molar-refractivity contribution in [1.29, 1.82) is 0 Å². The number of guanidine groups is 1. The monoisotopic (exact) mass is 298 g/mol. The molecule has 1 fully saturated rings. The Balaban J connectivity index is 2.43. The van der Waals surface area contributed by atoms with Crippen LogP contribution in [0.3, 0.4) is 0 Å². The summed E-state index contributed by atoms with van der Waals surface area (Å²) in [4.78, 5) is 6.86. The topological polar surface area (TPSA) is 48.9 Å². The number of nitrogens with zero attached hydrogens (tertiary/aromatic N) is 2. The molecule has 1 aliphatic heterocycles.